The van der Waals surface area contributed by atoms with Crippen LogP contribution < -0.4 is 21.4 Å². The van der Waals surface area contributed by atoms with Crippen molar-refractivity contribution >= 4 is 41.1 Å². The van der Waals surface area contributed by atoms with Crippen LogP contribution in [0.15, 0.2) is 5.38 Å². The Balaban J connectivity index is 2.81. The topological polar surface area (TPSA) is 179 Å². The van der Waals surface area contributed by atoms with Crippen molar-refractivity contribution in [2.45, 2.75) is 106 Å². The maximum Gasteiger partial charge on any atom is 0.428 e. The predicted octanol–water partition coefficient (Wildman–Crippen LogP) is 2.95. The van der Waals surface area contributed by atoms with Gasteiger partial charge in [-0.25, -0.2) is 14.8 Å². The molecule has 1 heterocycles. The molecule has 0 radical (unpaired) electrons. The van der Waals surface area contributed by atoms with E-state index in [0.29, 0.717) is 19.4 Å². The first-order valence-electron chi connectivity index (χ1n) is 16.1. The molecule has 5 unspecified atom stereocenters. The largest absolute Gasteiger partial charge is 0.452 e. The lowest BCUT2D eigenvalue weighted by molar-refractivity contribution is -0.132. The Bertz CT molecular complexity index is 1140. The molecule has 1 aromatic heterocycles. The van der Waals surface area contributed by atoms with Gasteiger partial charge >= 0.3 is 6.09 Å². The Morgan fingerprint density at radius 2 is 1.57 bits per heavy atom. The summed E-state index contributed by atoms with van der Waals surface area (Å²) in [5.74, 6) is -2.36. The zero-order chi connectivity index (χ0) is 35.1. The second kappa shape index (κ2) is 20.1. The molecule has 0 spiro atoms. The molecule has 0 aliphatic carbocycles. The smallest absolute Gasteiger partial charge is 0.428 e. The van der Waals surface area contributed by atoms with Crippen molar-refractivity contribution in [3.63, 3.8) is 0 Å². The number of nitrogens with one attached hydrogen (secondary N) is 4. The van der Waals surface area contributed by atoms with Crippen molar-refractivity contribution in [1.82, 2.24) is 31.4 Å². The summed E-state index contributed by atoms with van der Waals surface area (Å²) in [4.78, 5) is 68.3. The molecule has 5 atom stereocenters. The first kappa shape index (κ1) is 40.8. The van der Waals surface area contributed by atoms with Crippen LogP contribution in [-0.2, 0) is 30.3 Å². The van der Waals surface area contributed by atoms with Gasteiger partial charge < -0.3 is 25.8 Å². The van der Waals surface area contributed by atoms with Gasteiger partial charge in [-0.3, -0.25) is 24.6 Å². The van der Waals surface area contributed by atoms with E-state index in [2.05, 4.69) is 26.4 Å². The van der Waals surface area contributed by atoms with Crippen molar-refractivity contribution in [2.75, 3.05) is 20.2 Å². The van der Waals surface area contributed by atoms with Crippen molar-refractivity contribution in [3.05, 3.63) is 16.1 Å². The fourth-order valence-electron chi connectivity index (χ4n) is 4.59. The van der Waals surface area contributed by atoms with Crippen LogP contribution in [0.1, 0.15) is 85.4 Å². The van der Waals surface area contributed by atoms with Crippen LogP contribution in [0.25, 0.3) is 0 Å². The summed E-state index contributed by atoms with van der Waals surface area (Å²) in [5, 5.41) is 23.3. The summed E-state index contributed by atoms with van der Waals surface area (Å²) in [7, 11) is 1.18. The number of carbonyl (C=O) groups excluding carboxylic acids is 5. The number of hydrazine groups is 1. The average molecular weight is 669 g/mol. The number of aryl methyl sites for hydroxylation is 1. The van der Waals surface area contributed by atoms with E-state index in [1.54, 1.807) is 13.8 Å². The van der Waals surface area contributed by atoms with E-state index in [-0.39, 0.29) is 49.0 Å². The lowest BCUT2D eigenvalue weighted by atomic mass is 9.92. The van der Waals surface area contributed by atoms with Crippen LogP contribution in [0.3, 0.4) is 0 Å². The maximum absolute atomic E-state index is 13.0. The number of nitrogens with zero attached hydrogens (tertiary/aromatic N) is 2. The quantitative estimate of drug-likeness (QED) is 0.148. The molecule has 14 heteroatoms. The summed E-state index contributed by atoms with van der Waals surface area (Å²) >= 11 is 1.46. The third-order valence-electron chi connectivity index (χ3n) is 7.31. The zero-order valence-corrected chi connectivity index (χ0v) is 30.0. The summed E-state index contributed by atoms with van der Waals surface area (Å²) < 4.78 is 4.79. The molecule has 0 fully saturated rings. The second-order valence-electron chi connectivity index (χ2n) is 13.2. The molecular formula is C32H56N6O7S. The minimum atomic E-state index is -1.05. The number of hydrogen-bond acceptors (Lipinski definition) is 9. The van der Waals surface area contributed by atoms with Gasteiger partial charge in [-0.15, -0.1) is 11.3 Å². The Morgan fingerprint density at radius 3 is 2.09 bits per heavy atom. The molecule has 46 heavy (non-hydrogen) atoms. The van der Waals surface area contributed by atoms with Crippen LogP contribution in [-0.4, -0.2) is 83.2 Å². The second-order valence-corrected chi connectivity index (χ2v) is 14.2. The molecule has 0 aliphatic heterocycles. The van der Waals surface area contributed by atoms with Crippen LogP contribution in [0.4, 0.5) is 4.79 Å². The van der Waals surface area contributed by atoms with Crippen molar-refractivity contribution in [1.29, 1.82) is 0 Å². The lowest BCUT2D eigenvalue weighted by Gasteiger charge is -2.29. The summed E-state index contributed by atoms with van der Waals surface area (Å²) in [6.45, 7) is 17.2. The molecule has 1 rings (SSSR count). The van der Waals surface area contributed by atoms with E-state index in [0.717, 1.165) is 15.7 Å². The highest BCUT2D eigenvalue weighted by Gasteiger charge is 2.30. The van der Waals surface area contributed by atoms with E-state index >= 15 is 0 Å². The number of carbonyl (C=O) groups is 5. The molecular weight excluding hydrogens is 612 g/mol. The molecule has 1 aromatic rings. The minimum absolute atomic E-state index is 0.0583. The van der Waals surface area contributed by atoms with Crippen molar-refractivity contribution in [3.8, 4) is 0 Å². The van der Waals surface area contributed by atoms with Crippen molar-refractivity contribution in [2.24, 2.45) is 29.6 Å². The SMILES string of the molecule is COC(=O)N(CCC(=O)NC(CC(C)C)C(O)CC(C)C(=O)NC(C(=O)NCC(C)C)C(C)C)NC(=O)C(C)Cc1nc(C)cs1. The van der Waals surface area contributed by atoms with Gasteiger partial charge in [-0.2, -0.15) is 0 Å². The van der Waals surface area contributed by atoms with Crippen molar-refractivity contribution < 1.29 is 33.8 Å². The van der Waals surface area contributed by atoms with E-state index in [9.17, 15) is 29.1 Å². The van der Waals surface area contributed by atoms with Crippen LogP contribution >= 0.6 is 11.3 Å². The van der Waals surface area contributed by atoms with Crippen LogP contribution in [0, 0.1) is 36.5 Å². The molecule has 0 saturated carbocycles. The first-order chi connectivity index (χ1) is 21.4. The molecule has 0 saturated heterocycles. The number of aromatic nitrogens is 1. The summed E-state index contributed by atoms with van der Waals surface area (Å²) in [6.07, 6.45) is -1.15. The fourth-order valence-corrected chi connectivity index (χ4v) is 5.49. The van der Waals surface area contributed by atoms with Gasteiger partial charge in [-0.1, -0.05) is 55.4 Å². The fraction of sp³-hybridized carbons (Fsp3) is 0.750. The molecule has 5 N–H and O–H groups in total. The third kappa shape index (κ3) is 14.9. The van der Waals surface area contributed by atoms with Gasteiger partial charge in [0.1, 0.15) is 6.04 Å². The van der Waals surface area contributed by atoms with E-state index in [4.69, 9.17) is 4.74 Å². The highest BCUT2D eigenvalue weighted by molar-refractivity contribution is 7.09. The van der Waals surface area contributed by atoms with Gasteiger partial charge in [0.25, 0.3) is 0 Å². The van der Waals surface area contributed by atoms with E-state index in [1.165, 1.54) is 18.4 Å². The number of ether oxygens (including phenoxy) is 1. The number of hydrogen-bond donors (Lipinski definition) is 5. The van der Waals surface area contributed by atoms with Crippen LogP contribution in [0.5, 0.6) is 0 Å². The highest BCUT2D eigenvalue weighted by Crippen LogP contribution is 2.17. The van der Waals surface area contributed by atoms with Gasteiger partial charge in [0, 0.05) is 42.3 Å². The van der Waals surface area contributed by atoms with Gasteiger partial charge in [0.05, 0.1) is 30.8 Å². The molecule has 0 bridgehead atoms. The molecule has 0 aromatic carbocycles. The Kier molecular flexibility index (Phi) is 17.8. The number of rotatable bonds is 18. The monoisotopic (exact) mass is 668 g/mol. The molecule has 262 valence electrons. The maximum atomic E-state index is 13.0. The third-order valence-corrected chi connectivity index (χ3v) is 8.30. The van der Waals surface area contributed by atoms with Gasteiger partial charge in [-0.05, 0) is 37.5 Å². The van der Waals surface area contributed by atoms with E-state index in [1.807, 2.05) is 53.8 Å². The number of thiazole rings is 1. The molecule has 0 aliphatic rings. The average Bonchev–Trinajstić information content (AvgIpc) is 3.38. The molecule has 5 amide bonds. The van der Waals surface area contributed by atoms with Crippen LogP contribution in [0.2, 0.25) is 0 Å². The number of amides is 5. The van der Waals surface area contributed by atoms with Gasteiger partial charge in [0.15, 0.2) is 0 Å². The Hall–Kier alpha value is -3.26. The standard InChI is InChI=1S/C32H56N6O7S/c1-18(2)13-24(25(39)14-21(7)29(41)36-28(20(5)6)31(43)33-16-19(3)4)35-26(40)11-12-38(32(44)45-10)37-30(42)22(8)15-27-34-23(9)17-46-27/h17-22,24-25,28,39H,11-16H2,1-10H3,(H,33,43)(H,35,40)(H,36,41)(H,37,42). The van der Waals surface area contributed by atoms with E-state index < -0.39 is 47.9 Å². The number of methoxy groups -OCH3 is 1. The lowest BCUT2D eigenvalue weighted by Crippen LogP contribution is -2.52. The normalized spacial score (nSPS) is 14.7. The first-order valence-corrected chi connectivity index (χ1v) is 16.9. The Labute approximate surface area is 278 Å². The summed E-state index contributed by atoms with van der Waals surface area (Å²) in [5.41, 5.74) is 3.41. The zero-order valence-electron chi connectivity index (χ0n) is 29.1. The number of aliphatic hydroxyl groups is 1. The number of aliphatic hydroxyl groups excluding tert-OH is 1. The highest BCUT2D eigenvalue weighted by atomic mass is 32.1. The predicted molar refractivity (Wildman–Crippen MR) is 177 cm³/mol. The molecule has 13 nitrogen and oxygen atoms in total. The summed E-state index contributed by atoms with van der Waals surface area (Å²) in [6, 6.07) is -1.38. The Morgan fingerprint density at radius 1 is 0.913 bits per heavy atom. The van der Waals surface area contributed by atoms with Gasteiger partial charge in [0.2, 0.25) is 23.6 Å². The minimum Gasteiger partial charge on any atom is -0.452 e.